The molecule has 1 aliphatic heterocycles. The molecule has 114 valence electrons. The summed E-state index contributed by atoms with van der Waals surface area (Å²) in [4.78, 5) is 13.9. The highest BCUT2D eigenvalue weighted by molar-refractivity contribution is 5.96. The van der Waals surface area contributed by atoms with Gasteiger partial charge in [-0.2, -0.15) is 0 Å². The van der Waals surface area contributed by atoms with Crippen LogP contribution in [0.5, 0.6) is 5.75 Å². The van der Waals surface area contributed by atoms with Gasteiger partial charge in [-0.25, -0.2) is 0 Å². The molecule has 0 amide bonds. The summed E-state index contributed by atoms with van der Waals surface area (Å²) < 4.78 is 5.14. The van der Waals surface area contributed by atoms with Crippen LogP contribution in [-0.4, -0.2) is 26.0 Å². The first-order valence-electron chi connectivity index (χ1n) is 7.78. The molecular weight excluding hydrogens is 274 g/mol. The van der Waals surface area contributed by atoms with Crippen molar-refractivity contribution in [3.8, 4) is 5.75 Å². The number of quaternary nitrogens is 1. The lowest BCUT2D eigenvalue weighted by atomic mass is 9.93. The van der Waals surface area contributed by atoms with Crippen LogP contribution in [-0.2, 0) is 6.42 Å². The first-order chi connectivity index (χ1) is 10.7. The fraction of sp³-hybridized carbons (Fsp3) is 0.316. The molecule has 2 atom stereocenters. The SMILES string of the molecule is COc1ccc(C(=O)C[NH+]2CCc3ccccc3C2C)cc1. The molecule has 0 aliphatic carbocycles. The first kappa shape index (κ1) is 14.8. The molecule has 2 aromatic rings. The van der Waals surface area contributed by atoms with Gasteiger partial charge in [-0.05, 0) is 36.8 Å². The molecule has 1 heterocycles. The maximum absolute atomic E-state index is 12.5. The van der Waals surface area contributed by atoms with Gasteiger partial charge in [0.2, 0.25) is 5.78 Å². The van der Waals surface area contributed by atoms with Gasteiger partial charge in [-0.3, -0.25) is 4.79 Å². The summed E-state index contributed by atoms with van der Waals surface area (Å²) in [6, 6.07) is 16.3. The lowest BCUT2D eigenvalue weighted by Gasteiger charge is -2.31. The summed E-state index contributed by atoms with van der Waals surface area (Å²) in [5.41, 5.74) is 3.57. The number of benzene rings is 2. The number of carbonyl (C=O) groups excluding carboxylic acids is 1. The molecule has 0 saturated carbocycles. The Labute approximate surface area is 131 Å². The number of nitrogens with one attached hydrogen (secondary N) is 1. The van der Waals surface area contributed by atoms with Crippen molar-refractivity contribution in [3.05, 3.63) is 65.2 Å². The van der Waals surface area contributed by atoms with Crippen molar-refractivity contribution in [2.45, 2.75) is 19.4 Å². The van der Waals surface area contributed by atoms with E-state index >= 15 is 0 Å². The van der Waals surface area contributed by atoms with Crippen molar-refractivity contribution in [2.75, 3.05) is 20.2 Å². The quantitative estimate of drug-likeness (QED) is 0.876. The van der Waals surface area contributed by atoms with Crippen molar-refractivity contribution in [3.63, 3.8) is 0 Å². The topological polar surface area (TPSA) is 30.7 Å². The van der Waals surface area contributed by atoms with Crippen LogP contribution in [0.1, 0.15) is 34.5 Å². The maximum Gasteiger partial charge on any atom is 0.216 e. The van der Waals surface area contributed by atoms with Crippen LogP contribution in [0.15, 0.2) is 48.5 Å². The minimum Gasteiger partial charge on any atom is -0.497 e. The smallest absolute Gasteiger partial charge is 0.216 e. The van der Waals surface area contributed by atoms with Gasteiger partial charge in [0.15, 0.2) is 0 Å². The van der Waals surface area contributed by atoms with E-state index in [9.17, 15) is 4.79 Å². The van der Waals surface area contributed by atoms with E-state index in [0.29, 0.717) is 12.6 Å². The van der Waals surface area contributed by atoms with Crippen molar-refractivity contribution in [1.29, 1.82) is 0 Å². The van der Waals surface area contributed by atoms with Gasteiger partial charge in [-0.1, -0.05) is 24.3 Å². The molecule has 3 nitrogen and oxygen atoms in total. The maximum atomic E-state index is 12.5. The van der Waals surface area contributed by atoms with Gasteiger partial charge in [0.25, 0.3) is 0 Å². The second-order valence-corrected chi connectivity index (χ2v) is 5.91. The minimum atomic E-state index is 0.198. The molecule has 1 aliphatic rings. The minimum absolute atomic E-state index is 0.198. The van der Waals surface area contributed by atoms with E-state index in [4.69, 9.17) is 4.74 Å². The van der Waals surface area contributed by atoms with Crippen LogP contribution in [0.4, 0.5) is 0 Å². The largest absolute Gasteiger partial charge is 0.497 e. The summed E-state index contributed by atoms with van der Waals surface area (Å²) in [5, 5.41) is 0. The third kappa shape index (κ3) is 2.90. The third-order valence-electron chi connectivity index (χ3n) is 4.65. The normalized spacial score (nSPS) is 20.3. The molecule has 0 bridgehead atoms. The predicted octanol–water partition coefficient (Wildman–Crippen LogP) is 2.08. The van der Waals surface area contributed by atoms with E-state index in [-0.39, 0.29) is 5.78 Å². The third-order valence-corrected chi connectivity index (χ3v) is 4.65. The molecular formula is C19H22NO2+. The van der Waals surface area contributed by atoms with Crippen LogP contribution >= 0.6 is 0 Å². The summed E-state index contributed by atoms with van der Waals surface area (Å²) in [6.45, 7) is 3.77. The molecule has 0 radical (unpaired) electrons. The highest BCUT2D eigenvalue weighted by Gasteiger charge is 2.28. The number of hydrogen-bond acceptors (Lipinski definition) is 2. The lowest BCUT2D eigenvalue weighted by Crippen LogP contribution is -3.13. The summed E-state index contributed by atoms with van der Waals surface area (Å²) in [6.07, 6.45) is 1.05. The fourth-order valence-corrected chi connectivity index (χ4v) is 3.24. The molecule has 0 saturated heterocycles. The summed E-state index contributed by atoms with van der Waals surface area (Å²) >= 11 is 0. The Morgan fingerprint density at radius 1 is 1.18 bits per heavy atom. The van der Waals surface area contributed by atoms with Crippen molar-refractivity contribution >= 4 is 5.78 Å². The van der Waals surface area contributed by atoms with E-state index in [1.807, 2.05) is 24.3 Å². The number of hydrogen-bond donors (Lipinski definition) is 1. The Hall–Kier alpha value is -2.13. The summed E-state index contributed by atoms with van der Waals surface area (Å²) in [5.74, 6) is 0.980. The van der Waals surface area contributed by atoms with Gasteiger partial charge < -0.3 is 9.64 Å². The highest BCUT2D eigenvalue weighted by atomic mass is 16.5. The molecule has 2 unspecified atom stereocenters. The van der Waals surface area contributed by atoms with Crippen molar-refractivity contribution in [2.24, 2.45) is 0 Å². The van der Waals surface area contributed by atoms with Crippen molar-refractivity contribution in [1.82, 2.24) is 0 Å². The average Bonchev–Trinajstić information content (AvgIpc) is 2.57. The van der Waals surface area contributed by atoms with Gasteiger partial charge >= 0.3 is 0 Å². The standard InChI is InChI=1S/C19H21NO2/c1-14-18-6-4-3-5-15(18)11-12-20(14)13-19(21)16-7-9-17(22-2)10-8-16/h3-10,14H,11-13H2,1-2H3/p+1. The summed E-state index contributed by atoms with van der Waals surface area (Å²) in [7, 11) is 1.63. The number of rotatable bonds is 4. The number of fused-ring (bicyclic) bond motifs is 1. The molecule has 3 rings (SSSR count). The van der Waals surface area contributed by atoms with E-state index in [1.165, 1.54) is 16.0 Å². The van der Waals surface area contributed by atoms with E-state index in [1.54, 1.807) is 7.11 Å². The van der Waals surface area contributed by atoms with E-state index in [2.05, 4.69) is 31.2 Å². The highest BCUT2D eigenvalue weighted by Crippen LogP contribution is 2.19. The van der Waals surface area contributed by atoms with Crippen LogP contribution < -0.4 is 9.64 Å². The Morgan fingerprint density at radius 2 is 1.91 bits per heavy atom. The van der Waals surface area contributed by atoms with Gasteiger partial charge in [0.1, 0.15) is 18.3 Å². The fourth-order valence-electron chi connectivity index (χ4n) is 3.24. The lowest BCUT2D eigenvalue weighted by molar-refractivity contribution is -0.923. The van der Waals surface area contributed by atoms with Crippen LogP contribution in [0, 0.1) is 0 Å². The Balaban J connectivity index is 1.72. The van der Waals surface area contributed by atoms with Crippen molar-refractivity contribution < 1.29 is 14.4 Å². The molecule has 1 N–H and O–H groups in total. The average molecular weight is 296 g/mol. The molecule has 3 heteroatoms. The molecule has 0 aromatic heterocycles. The first-order valence-corrected chi connectivity index (χ1v) is 7.78. The number of ether oxygens (including phenoxy) is 1. The Bertz CT molecular complexity index is 663. The van der Waals surface area contributed by atoms with Gasteiger partial charge in [-0.15, -0.1) is 0 Å². The van der Waals surface area contributed by atoms with Gasteiger partial charge in [0.05, 0.1) is 13.7 Å². The predicted molar refractivity (Wildman–Crippen MR) is 86.6 cm³/mol. The van der Waals surface area contributed by atoms with E-state index in [0.717, 1.165) is 24.3 Å². The van der Waals surface area contributed by atoms with Gasteiger partial charge in [0, 0.05) is 17.5 Å². The second-order valence-electron chi connectivity index (χ2n) is 5.91. The zero-order chi connectivity index (χ0) is 15.5. The zero-order valence-corrected chi connectivity index (χ0v) is 13.1. The number of methoxy groups -OCH3 is 1. The molecule has 2 aromatic carbocycles. The number of carbonyl (C=O) groups is 1. The van der Waals surface area contributed by atoms with Crippen LogP contribution in [0.2, 0.25) is 0 Å². The monoisotopic (exact) mass is 296 g/mol. The number of Topliss-reactive ketones (excluding diaryl/α,β-unsaturated/α-hetero) is 1. The number of ketones is 1. The molecule has 0 spiro atoms. The van der Waals surface area contributed by atoms with E-state index < -0.39 is 0 Å². The Kier molecular flexibility index (Phi) is 4.25. The molecule has 22 heavy (non-hydrogen) atoms. The Morgan fingerprint density at radius 3 is 2.64 bits per heavy atom. The zero-order valence-electron chi connectivity index (χ0n) is 13.1. The molecule has 0 fully saturated rings. The second kappa shape index (κ2) is 6.32. The van der Waals surface area contributed by atoms with Crippen LogP contribution in [0.3, 0.4) is 0 Å². The van der Waals surface area contributed by atoms with Crippen LogP contribution in [0.25, 0.3) is 0 Å².